The normalized spacial score (nSPS) is 16.2. The Kier molecular flexibility index (Phi) is 4.59. The minimum Gasteiger partial charge on any atom is -0.384 e. The molecule has 132 valence electrons. The highest BCUT2D eigenvalue weighted by molar-refractivity contribution is 6.01. The predicted molar refractivity (Wildman–Crippen MR) is 95.9 cm³/mol. The average Bonchev–Trinajstić information content (AvgIpc) is 2.98. The number of benzene rings is 1. The van der Waals surface area contributed by atoms with E-state index < -0.39 is 11.2 Å². The van der Waals surface area contributed by atoms with Crippen molar-refractivity contribution in [3.05, 3.63) is 61.8 Å². The van der Waals surface area contributed by atoms with Gasteiger partial charge in [-0.3, -0.25) is 24.0 Å². The maximum absolute atomic E-state index is 12.7. The van der Waals surface area contributed by atoms with Gasteiger partial charge in [-0.05, 0) is 37.9 Å². The van der Waals surface area contributed by atoms with Crippen LogP contribution in [0.15, 0.2) is 33.9 Å². The van der Waals surface area contributed by atoms with E-state index in [1.807, 2.05) is 24.1 Å². The largest absolute Gasteiger partial charge is 0.384 e. The number of aromatic nitrogens is 2. The number of fused-ring (bicyclic) bond motifs is 1. The van der Waals surface area contributed by atoms with Crippen LogP contribution in [0.25, 0.3) is 0 Å². The van der Waals surface area contributed by atoms with Crippen LogP contribution < -0.4 is 17.0 Å². The molecule has 1 heterocycles. The lowest BCUT2D eigenvalue weighted by Gasteiger charge is -2.24. The van der Waals surface area contributed by atoms with Crippen LogP contribution >= 0.6 is 0 Å². The Labute approximate surface area is 145 Å². The highest BCUT2D eigenvalue weighted by Crippen LogP contribution is 2.34. The number of aromatic amines is 1. The zero-order valence-electron chi connectivity index (χ0n) is 14.4. The Morgan fingerprint density at radius 2 is 2.08 bits per heavy atom. The summed E-state index contributed by atoms with van der Waals surface area (Å²) in [6.45, 7) is 2.08. The number of nitrogen functional groups attached to an aromatic ring is 1. The Balaban J connectivity index is 1.86. The van der Waals surface area contributed by atoms with Crippen molar-refractivity contribution in [2.75, 3.05) is 19.3 Å². The maximum Gasteiger partial charge on any atom is 0.329 e. The molecular formula is C18H22N4O3. The summed E-state index contributed by atoms with van der Waals surface area (Å²) in [7, 11) is 1.87. The van der Waals surface area contributed by atoms with Crippen molar-refractivity contribution in [1.82, 2.24) is 14.5 Å². The number of ketones is 1. The molecule has 1 aliphatic rings. The molecule has 0 spiro atoms. The molecule has 3 rings (SSSR count). The number of H-pyrrole nitrogens is 1. The van der Waals surface area contributed by atoms with Gasteiger partial charge in [-0.15, -0.1) is 0 Å². The van der Waals surface area contributed by atoms with Gasteiger partial charge in [-0.25, -0.2) is 4.79 Å². The first-order valence-corrected chi connectivity index (χ1v) is 8.37. The number of nitrogens with zero attached hydrogens (tertiary/aromatic N) is 2. The number of rotatable bonds is 5. The minimum absolute atomic E-state index is 0.0637. The van der Waals surface area contributed by atoms with Gasteiger partial charge in [-0.1, -0.05) is 24.3 Å². The van der Waals surface area contributed by atoms with Crippen LogP contribution in [0.4, 0.5) is 5.82 Å². The molecule has 7 heteroatoms. The Morgan fingerprint density at radius 1 is 1.36 bits per heavy atom. The van der Waals surface area contributed by atoms with Gasteiger partial charge >= 0.3 is 5.69 Å². The van der Waals surface area contributed by atoms with Gasteiger partial charge in [0.05, 0.1) is 6.54 Å². The van der Waals surface area contributed by atoms with Crippen molar-refractivity contribution < 1.29 is 4.79 Å². The number of likely N-dealkylation sites (N-methyl/N-ethyl adjacent to an activating group) is 1. The van der Waals surface area contributed by atoms with Crippen LogP contribution in [0, 0.1) is 0 Å². The molecule has 0 fully saturated rings. The van der Waals surface area contributed by atoms with Gasteiger partial charge in [0.25, 0.3) is 5.56 Å². The first-order valence-electron chi connectivity index (χ1n) is 8.37. The molecule has 0 bridgehead atoms. The topological polar surface area (TPSA) is 101 Å². The minimum atomic E-state index is -0.725. The highest BCUT2D eigenvalue weighted by atomic mass is 16.2. The fraction of sp³-hybridized carbons (Fsp3) is 0.389. The highest BCUT2D eigenvalue weighted by Gasteiger charge is 2.28. The predicted octanol–water partition coefficient (Wildman–Crippen LogP) is 0.941. The number of carbonyl (C=O) groups excluding carboxylic acids is 1. The summed E-state index contributed by atoms with van der Waals surface area (Å²) in [6, 6.07) is 8.32. The molecule has 1 aromatic carbocycles. The van der Waals surface area contributed by atoms with E-state index in [0.717, 1.165) is 12.8 Å². The lowest BCUT2D eigenvalue weighted by molar-refractivity contribution is 0.0918. The first kappa shape index (κ1) is 17.2. The Bertz CT molecular complexity index is 929. The van der Waals surface area contributed by atoms with Crippen molar-refractivity contribution in [3.63, 3.8) is 0 Å². The number of aryl methyl sites for hydroxylation is 1. The van der Waals surface area contributed by atoms with Gasteiger partial charge in [-0.2, -0.15) is 0 Å². The monoisotopic (exact) mass is 342 g/mol. The number of carbonyl (C=O) groups is 1. The fourth-order valence-electron chi connectivity index (χ4n) is 3.58. The molecule has 1 atom stereocenters. The zero-order chi connectivity index (χ0) is 18.1. The van der Waals surface area contributed by atoms with Crippen molar-refractivity contribution in [2.24, 2.45) is 0 Å². The van der Waals surface area contributed by atoms with Crippen molar-refractivity contribution in [3.8, 4) is 0 Å². The lowest BCUT2D eigenvalue weighted by atomic mass is 10.1. The third-order valence-corrected chi connectivity index (χ3v) is 4.86. The van der Waals surface area contributed by atoms with E-state index in [4.69, 9.17) is 5.73 Å². The van der Waals surface area contributed by atoms with E-state index >= 15 is 0 Å². The molecule has 3 N–H and O–H groups in total. The van der Waals surface area contributed by atoms with E-state index in [1.165, 1.54) is 15.7 Å². The Hall–Kier alpha value is -2.67. The van der Waals surface area contributed by atoms with Gasteiger partial charge in [0.15, 0.2) is 5.78 Å². The summed E-state index contributed by atoms with van der Waals surface area (Å²) in [5.41, 5.74) is 6.96. The summed E-state index contributed by atoms with van der Waals surface area (Å²) in [5.74, 6) is -0.450. The molecule has 0 radical (unpaired) electrons. The number of nitrogens with one attached hydrogen (secondary N) is 1. The van der Waals surface area contributed by atoms with E-state index in [-0.39, 0.29) is 36.3 Å². The molecule has 1 unspecified atom stereocenters. The summed E-state index contributed by atoms with van der Waals surface area (Å²) in [5, 5.41) is 0. The van der Waals surface area contributed by atoms with Gasteiger partial charge in [0, 0.05) is 12.6 Å². The maximum atomic E-state index is 12.7. The second-order valence-electron chi connectivity index (χ2n) is 6.36. The third kappa shape index (κ3) is 3.02. The first-order chi connectivity index (χ1) is 11.9. The van der Waals surface area contributed by atoms with Crippen LogP contribution in [0.3, 0.4) is 0 Å². The average molecular weight is 342 g/mol. The lowest BCUT2D eigenvalue weighted by Crippen LogP contribution is -2.38. The van der Waals surface area contributed by atoms with Crippen LogP contribution in [-0.2, 0) is 13.0 Å². The molecule has 7 nitrogen and oxygen atoms in total. The smallest absolute Gasteiger partial charge is 0.329 e. The summed E-state index contributed by atoms with van der Waals surface area (Å²) in [4.78, 5) is 40.6. The van der Waals surface area contributed by atoms with Crippen LogP contribution in [0.1, 0.15) is 40.9 Å². The zero-order valence-corrected chi connectivity index (χ0v) is 14.4. The van der Waals surface area contributed by atoms with E-state index in [0.29, 0.717) is 0 Å². The molecule has 2 aromatic rings. The van der Waals surface area contributed by atoms with Crippen LogP contribution in [-0.4, -0.2) is 33.8 Å². The van der Waals surface area contributed by atoms with Gasteiger partial charge < -0.3 is 5.73 Å². The summed E-state index contributed by atoms with van der Waals surface area (Å²) < 4.78 is 1.19. The molecule has 25 heavy (non-hydrogen) atoms. The molecule has 0 amide bonds. The SMILES string of the molecule is CCn1c(N)c(C(=O)CN(C)C2CCc3ccccc32)c(=O)[nH]c1=O. The molecule has 0 saturated carbocycles. The molecule has 0 aliphatic heterocycles. The van der Waals surface area contributed by atoms with E-state index in [1.54, 1.807) is 6.92 Å². The summed E-state index contributed by atoms with van der Waals surface area (Å²) in [6.07, 6.45) is 1.91. The van der Waals surface area contributed by atoms with E-state index in [9.17, 15) is 14.4 Å². The number of hydrogen-bond acceptors (Lipinski definition) is 5. The third-order valence-electron chi connectivity index (χ3n) is 4.86. The summed E-state index contributed by atoms with van der Waals surface area (Å²) >= 11 is 0. The molecular weight excluding hydrogens is 320 g/mol. The molecule has 1 aromatic heterocycles. The number of anilines is 1. The van der Waals surface area contributed by atoms with Crippen molar-refractivity contribution in [2.45, 2.75) is 32.4 Å². The number of Topliss-reactive ketones (excluding diaryl/α,β-unsaturated/α-hetero) is 1. The second-order valence-corrected chi connectivity index (χ2v) is 6.36. The van der Waals surface area contributed by atoms with Gasteiger partial charge in [0.1, 0.15) is 11.4 Å². The van der Waals surface area contributed by atoms with E-state index in [2.05, 4.69) is 17.1 Å². The van der Waals surface area contributed by atoms with Crippen LogP contribution in [0.2, 0.25) is 0 Å². The van der Waals surface area contributed by atoms with Crippen molar-refractivity contribution >= 4 is 11.6 Å². The van der Waals surface area contributed by atoms with Crippen LogP contribution in [0.5, 0.6) is 0 Å². The standard InChI is InChI=1S/C18H22N4O3/c1-3-22-16(19)15(17(24)20-18(22)25)14(23)10-21(2)13-9-8-11-6-4-5-7-12(11)13/h4-7,13H,3,8-10,19H2,1-2H3,(H,20,24,25). The molecule has 1 aliphatic carbocycles. The number of hydrogen-bond donors (Lipinski definition) is 2. The Morgan fingerprint density at radius 3 is 2.80 bits per heavy atom. The number of nitrogens with two attached hydrogens (primary N) is 1. The van der Waals surface area contributed by atoms with Crippen molar-refractivity contribution in [1.29, 1.82) is 0 Å². The quantitative estimate of drug-likeness (QED) is 0.788. The fourth-order valence-corrected chi connectivity index (χ4v) is 3.58. The van der Waals surface area contributed by atoms with Gasteiger partial charge in [0.2, 0.25) is 0 Å². The second kappa shape index (κ2) is 6.68. The molecule has 0 saturated heterocycles.